The van der Waals surface area contributed by atoms with E-state index in [4.69, 9.17) is 16.3 Å². The van der Waals surface area contributed by atoms with Crippen molar-refractivity contribution in [2.75, 3.05) is 6.61 Å². The molecule has 0 unspecified atom stereocenters. The lowest BCUT2D eigenvalue weighted by Gasteiger charge is -2.06. The average Bonchev–Trinajstić information content (AvgIpc) is 2.90. The van der Waals surface area contributed by atoms with Crippen LogP contribution in [0, 0.1) is 11.6 Å². The number of unbranched alkanes of at least 4 members (excludes halogenated alkanes) is 1. The Morgan fingerprint density at radius 3 is 2.43 bits per heavy atom. The quantitative estimate of drug-likeness (QED) is 0.421. The van der Waals surface area contributed by atoms with E-state index in [0.717, 1.165) is 24.2 Å². The van der Waals surface area contributed by atoms with Gasteiger partial charge in [0.15, 0.2) is 17.4 Å². The smallest absolute Gasteiger partial charge is 0.255 e. The van der Waals surface area contributed by atoms with Crippen molar-refractivity contribution >= 4 is 48.4 Å². The van der Waals surface area contributed by atoms with Crippen molar-refractivity contribution in [3.05, 3.63) is 41.5 Å². The summed E-state index contributed by atoms with van der Waals surface area (Å²) < 4.78 is 35.0. The highest BCUT2D eigenvalue weighted by molar-refractivity contribution is 7.26. The molecule has 0 N–H and O–H groups in total. The molecule has 0 spiro atoms. The van der Waals surface area contributed by atoms with Crippen LogP contribution in [0.3, 0.4) is 0 Å². The van der Waals surface area contributed by atoms with E-state index in [1.807, 2.05) is 6.92 Å². The number of halogens is 3. The van der Waals surface area contributed by atoms with Crippen molar-refractivity contribution in [1.82, 2.24) is 0 Å². The average molecular weight is 355 g/mol. The van der Waals surface area contributed by atoms with Gasteiger partial charge in [0.05, 0.1) is 21.6 Å². The van der Waals surface area contributed by atoms with Crippen molar-refractivity contribution < 1.29 is 18.3 Å². The fourth-order valence-electron chi connectivity index (χ4n) is 2.41. The third-order valence-corrected chi connectivity index (χ3v) is 5.03. The lowest BCUT2D eigenvalue weighted by molar-refractivity contribution is 0.107. The SMILES string of the molecule is CCCCOc1ccc2c(sc3c(F)c(C(=O)Cl)ccc32)c1F. The normalized spacial score (nSPS) is 11.3. The van der Waals surface area contributed by atoms with Crippen LogP contribution in [0.1, 0.15) is 30.1 Å². The number of benzene rings is 2. The minimum absolute atomic E-state index is 0.159. The molecular weight excluding hydrogens is 342 g/mol. The molecule has 1 heterocycles. The molecule has 0 aliphatic heterocycles. The van der Waals surface area contributed by atoms with E-state index in [2.05, 4.69) is 0 Å². The number of carbonyl (C=O) groups is 1. The molecule has 2 aromatic carbocycles. The fraction of sp³-hybridized carbons (Fsp3) is 0.235. The van der Waals surface area contributed by atoms with Gasteiger partial charge in [-0.2, -0.15) is 0 Å². The second-order valence-corrected chi connectivity index (χ2v) is 6.50. The molecule has 120 valence electrons. The maximum absolute atomic E-state index is 14.6. The minimum atomic E-state index is -0.870. The highest BCUT2D eigenvalue weighted by Crippen LogP contribution is 2.40. The highest BCUT2D eigenvalue weighted by atomic mass is 35.5. The molecule has 3 rings (SSSR count). The first kappa shape index (κ1) is 16.1. The summed E-state index contributed by atoms with van der Waals surface area (Å²) in [6, 6.07) is 6.17. The van der Waals surface area contributed by atoms with Gasteiger partial charge in [-0.15, -0.1) is 11.3 Å². The molecule has 0 bridgehead atoms. The Bertz CT molecular complexity index is 905. The van der Waals surface area contributed by atoms with Gasteiger partial charge in [-0.05, 0) is 36.2 Å². The summed E-state index contributed by atoms with van der Waals surface area (Å²) in [4.78, 5) is 11.2. The Labute approximate surface area is 140 Å². The van der Waals surface area contributed by atoms with Gasteiger partial charge in [0, 0.05) is 10.8 Å². The van der Waals surface area contributed by atoms with Gasteiger partial charge in [-0.25, -0.2) is 8.78 Å². The number of rotatable bonds is 5. The fourth-order valence-corrected chi connectivity index (χ4v) is 3.73. The number of thiophene rings is 1. The van der Waals surface area contributed by atoms with Crippen molar-refractivity contribution in [2.24, 2.45) is 0 Å². The van der Waals surface area contributed by atoms with E-state index in [9.17, 15) is 13.6 Å². The maximum atomic E-state index is 14.6. The zero-order valence-electron chi connectivity index (χ0n) is 12.3. The lowest BCUT2D eigenvalue weighted by Crippen LogP contribution is -1.98. The van der Waals surface area contributed by atoms with E-state index in [0.29, 0.717) is 22.1 Å². The summed E-state index contributed by atoms with van der Waals surface area (Å²) >= 11 is 6.33. The van der Waals surface area contributed by atoms with Crippen molar-refractivity contribution in [2.45, 2.75) is 19.8 Å². The Morgan fingerprint density at radius 2 is 1.78 bits per heavy atom. The number of fused-ring (bicyclic) bond motifs is 3. The van der Waals surface area contributed by atoms with E-state index < -0.39 is 16.9 Å². The van der Waals surface area contributed by atoms with Crippen LogP contribution in [-0.4, -0.2) is 11.8 Å². The molecule has 6 heteroatoms. The zero-order chi connectivity index (χ0) is 16.6. The van der Waals surface area contributed by atoms with Gasteiger partial charge in [-0.1, -0.05) is 19.4 Å². The predicted octanol–water partition coefficient (Wildman–Crippen LogP) is 5.89. The molecule has 23 heavy (non-hydrogen) atoms. The van der Waals surface area contributed by atoms with Crippen LogP contribution in [0.15, 0.2) is 24.3 Å². The minimum Gasteiger partial charge on any atom is -0.490 e. The van der Waals surface area contributed by atoms with Gasteiger partial charge in [0.25, 0.3) is 5.24 Å². The summed E-state index contributed by atoms with van der Waals surface area (Å²) in [6.07, 6.45) is 1.78. The molecule has 3 aromatic rings. The first-order valence-corrected chi connectivity index (χ1v) is 8.40. The van der Waals surface area contributed by atoms with E-state index in [1.165, 1.54) is 6.07 Å². The van der Waals surface area contributed by atoms with Crippen LogP contribution in [0.25, 0.3) is 20.2 Å². The van der Waals surface area contributed by atoms with Crippen molar-refractivity contribution in [1.29, 1.82) is 0 Å². The molecule has 0 radical (unpaired) electrons. The largest absolute Gasteiger partial charge is 0.490 e. The second kappa shape index (κ2) is 6.42. The molecule has 0 saturated heterocycles. The Kier molecular flexibility index (Phi) is 4.50. The Morgan fingerprint density at radius 1 is 1.13 bits per heavy atom. The third-order valence-electron chi connectivity index (χ3n) is 3.62. The van der Waals surface area contributed by atoms with Crippen molar-refractivity contribution in [3.8, 4) is 5.75 Å². The highest BCUT2D eigenvalue weighted by Gasteiger charge is 2.19. The molecule has 0 amide bonds. The van der Waals surface area contributed by atoms with Gasteiger partial charge in [0.2, 0.25) is 0 Å². The van der Waals surface area contributed by atoms with Crippen LogP contribution >= 0.6 is 22.9 Å². The summed E-state index contributed by atoms with van der Waals surface area (Å²) in [5.74, 6) is -1.05. The number of carbonyl (C=O) groups excluding carboxylic acids is 1. The molecule has 2 nitrogen and oxygen atoms in total. The topological polar surface area (TPSA) is 26.3 Å². The zero-order valence-corrected chi connectivity index (χ0v) is 13.9. The van der Waals surface area contributed by atoms with E-state index in [-0.39, 0.29) is 16.0 Å². The monoisotopic (exact) mass is 354 g/mol. The van der Waals surface area contributed by atoms with Crippen molar-refractivity contribution in [3.63, 3.8) is 0 Å². The first-order valence-electron chi connectivity index (χ1n) is 7.20. The molecule has 0 aliphatic carbocycles. The second-order valence-electron chi connectivity index (χ2n) is 5.14. The molecule has 0 aliphatic rings. The summed E-state index contributed by atoms with van der Waals surface area (Å²) in [7, 11) is 0. The van der Waals surface area contributed by atoms with Crippen LogP contribution in [0.2, 0.25) is 0 Å². The van der Waals surface area contributed by atoms with Crippen LogP contribution < -0.4 is 4.74 Å². The number of ether oxygens (including phenoxy) is 1. The predicted molar refractivity (Wildman–Crippen MR) is 89.8 cm³/mol. The Hall–Kier alpha value is -1.72. The van der Waals surface area contributed by atoms with Gasteiger partial charge in [-0.3, -0.25) is 4.79 Å². The van der Waals surface area contributed by atoms with Gasteiger partial charge >= 0.3 is 0 Å². The Balaban J connectivity index is 2.16. The summed E-state index contributed by atoms with van der Waals surface area (Å²) in [5, 5.41) is 0.284. The summed E-state index contributed by atoms with van der Waals surface area (Å²) in [5.41, 5.74) is -0.203. The van der Waals surface area contributed by atoms with Crippen LogP contribution in [0.4, 0.5) is 8.78 Å². The molecule has 1 aromatic heterocycles. The van der Waals surface area contributed by atoms with Crippen LogP contribution in [0.5, 0.6) is 5.75 Å². The molecule has 0 fully saturated rings. The molecular formula is C17H13ClF2O2S. The maximum Gasteiger partial charge on any atom is 0.255 e. The third kappa shape index (κ3) is 2.79. The summed E-state index contributed by atoms with van der Waals surface area (Å²) in [6.45, 7) is 2.45. The van der Waals surface area contributed by atoms with Crippen LogP contribution in [-0.2, 0) is 0 Å². The number of hydrogen-bond donors (Lipinski definition) is 0. The van der Waals surface area contributed by atoms with Gasteiger partial charge in [0.1, 0.15) is 0 Å². The van der Waals surface area contributed by atoms with E-state index in [1.54, 1.807) is 18.2 Å². The number of hydrogen-bond acceptors (Lipinski definition) is 3. The van der Waals surface area contributed by atoms with Gasteiger partial charge < -0.3 is 4.74 Å². The van der Waals surface area contributed by atoms with E-state index >= 15 is 0 Å². The molecule has 0 saturated carbocycles. The molecule has 0 atom stereocenters. The standard InChI is InChI=1S/C17H13ClF2O2S/c1-2-3-8-22-12-7-6-10-9-4-5-11(17(18)21)13(19)15(9)23-16(10)14(12)20/h4-7H,2-3,8H2,1H3. The first-order chi connectivity index (χ1) is 11.0. The lowest BCUT2D eigenvalue weighted by atomic mass is 10.1.